The van der Waals surface area contributed by atoms with Crippen LogP contribution < -0.4 is 5.32 Å². The standard InChI is InChI=1S/C16H16BrNOS/c1-20-15-7-3-6-14(11-15)18-16(19)9-8-12-4-2-5-13(17)10-12/h2-7,10-11H,8-9H2,1H3,(H,18,19). The minimum atomic E-state index is 0.0447. The third-order valence-electron chi connectivity index (χ3n) is 2.88. The lowest BCUT2D eigenvalue weighted by Gasteiger charge is -2.07. The van der Waals surface area contributed by atoms with Gasteiger partial charge in [-0.15, -0.1) is 11.8 Å². The molecule has 0 unspecified atom stereocenters. The monoisotopic (exact) mass is 349 g/mol. The number of hydrogen-bond donors (Lipinski definition) is 1. The van der Waals surface area contributed by atoms with Crippen LogP contribution in [0.15, 0.2) is 57.9 Å². The molecule has 0 radical (unpaired) electrons. The first-order chi connectivity index (χ1) is 9.67. The van der Waals surface area contributed by atoms with Gasteiger partial charge in [0.2, 0.25) is 5.91 Å². The molecule has 0 saturated carbocycles. The van der Waals surface area contributed by atoms with Crippen molar-refractivity contribution in [1.29, 1.82) is 0 Å². The summed E-state index contributed by atoms with van der Waals surface area (Å²) in [5, 5.41) is 2.94. The number of halogens is 1. The molecule has 0 saturated heterocycles. The van der Waals surface area contributed by atoms with Crippen molar-refractivity contribution in [3.8, 4) is 0 Å². The van der Waals surface area contributed by atoms with E-state index in [4.69, 9.17) is 0 Å². The second-order valence-corrected chi connectivity index (χ2v) is 6.21. The molecule has 2 rings (SSSR count). The Hall–Kier alpha value is -1.26. The van der Waals surface area contributed by atoms with Gasteiger partial charge in [0.15, 0.2) is 0 Å². The number of carbonyl (C=O) groups is 1. The molecule has 4 heteroatoms. The maximum atomic E-state index is 11.9. The van der Waals surface area contributed by atoms with Gasteiger partial charge in [-0.1, -0.05) is 34.1 Å². The van der Waals surface area contributed by atoms with Crippen molar-refractivity contribution in [2.24, 2.45) is 0 Å². The van der Waals surface area contributed by atoms with E-state index in [2.05, 4.69) is 21.2 Å². The fraction of sp³-hybridized carbons (Fsp3) is 0.188. The van der Waals surface area contributed by atoms with E-state index < -0.39 is 0 Å². The highest BCUT2D eigenvalue weighted by atomic mass is 79.9. The predicted molar refractivity (Wildman–Crippen MR) is 89.3 cm³/mol. The summed E-state index contributed by atoms with van der Waals surface area (Å²) >= 11 is 5.10. The highest BCUT2D eigenvalue weighted by Crippen LogP contribution is 2.19. The summed E-state index contributed by atoms with van der Waals surface area (Å²) < 4.78 is 1.04. The molecular formula is C16H16BrNOS. The van der Waals surface area contributed by atoms with Gasteiger partial charge in [-0.2, -0.15) is 0 Å². The molecule has 2 aromatic rings. The Balaban J connectivity index is 1.89. The van der Waals surface area contributed by atoms with Crippen LogP contribution in [-0.4, -0.2) is 12.2 Å². The van der Waals surface area contributed by atoms with Gasteiger partial charge in [0, 0.05) is 21.5 Å². The first-order valence-electron chi connectivity index (χ1n) is 6.36. The molecule has 0 aliphatic heterocycles. The summed E-state index contributed by atoms with van der Waals surface area (Å²) in [6.07, 6.45) is 3.25. The van der Waals surface area contributed by atoms with Crippen LogP contribution >= 0.6 is 27.7 Å². The second-order valence-electron chi connectivity index (χ2n) is 4.41. The Morgan fingerprint density at radius 3 is 2.75 bits per heavy atom. The number of benzene rings is 2. The van der Waals surface area contributed by atoms with Crippen molar-refractivity contribution in [1.82, 2.24) is 0 Å². The normalized spacial score (nSPS) is 10.3. The minimum absolute atomic E-state index is 0.0447. The molecular weight excluding hydrogens is 334 g/mol. The molecule has 0 aliphatic rings. The Morgan fingerprint density at radius 2 is 2.00 bits per heavy atom. The zero-order chi connectivity index (χ0) is 14.4. The number of rotatable bonds is 5. The van der Waals surface area contributed by atoms with E-state index in [1.807, 2.05) is 54.8 Å². The Kier molecular flexibility index (Phi) is 5.68. The van der Waals surface area contributed by atoms with Crippen molar-refractivity contribution < 1.29 is 4.79 Å². The van der Waals surface area contributed by atoms with Crippen LogP contribution in [-0.2, 0) is 11.2 Å². The molecule has 0 atom stereocenters. The van der Waals surface area contributed by atoms with Crippen LogP contribution in [0.5, 0.6) is 0 Å². The predicted octanol–water partition coefficient (Wildman–Crippen LogP) is 4.74. The molecule has 0 aromatic heterocycles. The van der Waals surface area contributed by atoms with E-state index in [1.54, 1.807) is 11.8 Å². The summed E-state index contributed by atoms with van der Waals surface area (Å²) in [5.74, 6) is 0.0447. The van der Waals surface area contributed by atoms with E-state index >= 15 is 0 Å². The van der Waals surface area contributed by atoms with Crippen molar-refractivity contribution in [3.63, 3.8) is 0 Å². The zero-order valence-electron chi connectivity index (χ0n) is 11.2. The molecule has 104 valence electrons. The highest BCUT2D eigenvalue weighted by Gasteiger charge is 2.04. The number of carbonyl (C=O) groups excluding carboxylic acids is 1. The average molecular weight is 350 g/mol. The molecule has 0 heterocycles. The fourth-order valence-electron chi connectivity index (χ4n) is 1.87. The summed E-state index contributed by atoms with van der Waals surface area (Å²) in [7, 11) is 0. The van der Waals surface area contributed by atoms with Gasteiger partial charge < -0.3 is 5.32 Å². The zero-order valence-corrected chi connectivity index (χ0v) is 13.6. The molecule has 2 nitrogen and oxygen atoms in total. The van der Waals surface area contributed by atoms with Crippen molar-refractivity contribution in [2.75, 3.05) is 11.6 Å². The SMILES string of the molecule is CSc1cccc(NC(=O)CCc2cccc(Br)c2)c1. The van der Waals surface area contributed by atoms with Gasteiger partial charge in [0.1, 0.15) is 0 Å². The highest BCUT2D eigenvalue weighted by molar-refractivity contribution is 9.10. The van der Waals surface area contributed by atoms with Gasteiger partial charge in [0.25, 0.3) is 0 Å². The maximum Gasteiger partial charge on any atom is 0.224 e. The van der Waals surface area contributed by atoms with Crippen molar-refractivity contribution in [2.45, 2.75) is 17.7 Å². The van der Waals surface area contributed by atoms with Crippen molar-refractivity contribution >= 4 is 39.3 Å². The van der Waals surface area contributed by atoms with Crippen LogP contribution in [0, 0.1) is 0 Å². The smallest absolute Gasteiger partial charge is 0.224 e. The first kappa shape index (κ1) is 15.1. The second kappa shape index (κ2) is 7.50. The van der Waals surface area contributed by atoms with E-state index in [1.165, 1.54) is 0 Å². The van der Waals surface area contributed by atoms with Gasteiger partial charge in [-0.05, 0) is 48.6 Å². The van der Waals surface area contributed by atoms with E-state index in [0.29, 0.717) is 6.42 Å². The van der Waals surface area contributed by atoms with Gasteiger partial charge in [0.05, 0.1) is 0 Å². The summed E-state index contributed by atoms with van der Waals surface area (Å²) in [6, 6.07) is 15.9. The summed E-state index contributed by atoms with van der Waals surface area (Å²) in [4.78, 5) is 13.1. The van der Waals surface area contributed by atoms with Crippen molar-refractivity contribution in [3.05, 3.63) is 58.6 Å². The van der Waals surface area contributed by atoms with Crippen LogP contribution in [0.4, 0.5) is 5.69 Å². The lowest BCUT2D eigenvalue weighted by atomic mass is 10.1. The van der Waals surface area contributed by atoms with Gasteiger partial charge in [-0.3, -0.25) is 4.79 Å². The van der Waals surface area contributed by atoms with Gasteiger partial charge >= 0.3 is 0 Å². The molecule has 0 aliphatic carbocycles. The number of nitrogens with one attached hydrogen (secondary N) is 1. The maximum absolute atomic E-state index is 11.9. The number of hydrogen-bond acceptors (Lipinski definition) is 2. The molecule has 0 spiro atoms. The van der Waals surface area contributed by atoms with Gasteiger partial charge in [-0.25, -0.2) is 0 Å². The van der Waals surface area contributed by atoms with Crippen LogP contribution in [0.25, 0.3) is 0 Å². The number of aryl methyl sites for hydroxylation is 1. The number of anilines is 1. The average Bonchev–Trinajstić information content (AvgIpc) is 2.45. The lowest BCUT2D eigenvalue weighted by Crippen LogP contribution is -2.12. The molecule has 0 bridgehead atoms. The number of thioether (sulfide) groups is 1. The van der Waals surface area contributed by atoms with E-state index in [-0.39, 0.29) is 5.91 Å². The Bertz CT molecular complexity index is 601. The van der Waals surface area contributed by atoms with Crippen LogP contribution in [0.2, 0.25) is 0 Å². The molecule has 1 amide bonds. The molecule has 0 fully saturated rings. The quantitative estimate of drug-likeness (QED) is 0.789. The molecule has 2 aromatic carbocycles. The third-order valence-corrected chi connectivity index (χ3v) is 4.10. The molecule has 1 N–H and O–H groups in total. The van der Waals surface area contributed by atoms with Crippen LogP contribution in [0.1, 0.15) is 12.0 Å². The first-order valence-corrected chi connectivity index (χ1v) is 8.37. The largest absolute Gasteiger partial charge is 0.326 e. The summed E-state index contributed by atoms with van der Waals surface area (Å²) in [6.45, 7) is 0. The third kappa shape index (κ3) is 4.69. The Morgan fingerprint density at radius 1 is 1.20 bits per heavy atom. The fourth-order valence-corrected chi connectivity index (χ4v) is 2.78. The Labute approximate surface area is 132 Å². The van der Waals surface area contributed by atoms with E-state index in [0.717, 1.165) is 27.0 Å². The summed E-state index contributed by atoms with van der Waals surface area (Å²) in [5.41, 5.74) is 2.02. The topological polar surface area (TPSA) is 29.1 Å². The minimum Gasteiger partial charge on any atom is -0.326 e. The van der Waals surface area contributed by atoms with Crippen LogP contribution in [0.3, 0.4) is 0 Å². The number of amides is 1. The van der Waals surface area contributed by atoms with E-state index in [9.17, 15) is 4.79 Å². The lowest BCUT2D eigenvalue weighted by molar-refractivity contribution is -0.116. The molecule has 20 heavy (non-hydrogen) atoms.